The molecule has 0 aliphatic rings. The van der Waals surface area contributed by atoms with E-state index in [2.05, 4.69) is 233 Å². The van der Waals surface area contributed by atoms with Crippen LogP contribution in [0.5, 0.6) is 0 Å². The van der Waals surface area contributed by atoms with Crippen LogP contribution in [0.1, 0.15) is 22.3 Å². The zero-order valence-electron chi connectivity index (χ0n) is 40.0. The maximum atomic E-state index is 6.69. The van der Waals surface area contributed by atoms with Gasteiger partial charge in [-0.2, -0.15) is 0 Å². The molecule has 0 spiro atoms. The van der Waals surface area contributed by atoms with Crippen molar-refractivity contribution < 1.29 is 8.83 Å². The molecule has 0 aliphatic heterocycles. The van der Waals surface area contributed by atoms with Crippen molar-refractivity contribution in [3.05, 3.63) is 247 Å². The quantitative estimate of drug-likeness (QED) is 0.137. The van der Waals surface area contributed by atoms with Crippen LogP contribution in [0.2, 0.25) is 0 Å². The Balaban J connectivity index is 1.13. The Morgan fingerprint density at radius 1 is 0.338 bits per heavy atom. The molecule has 5 nitrogen and oxygen atoms in total. The van der Waals surface area contributed by atoms with Crippen molar-refractivity contribution in [2.75, 3.05) is 4.90 Å². The van der Waals surface area contributed by atoms with Crippen LogP contribution in [0.15, 0.2) is 234 Å². The van der Waals surface area contributed by atoms with Gasteiger partial charge >= 0.3 is 0 Å². The molecule has 12 rings (SSSR count). The SMILES string of the molecule is Cc1cccc(C)c1-c1cc2c(-c3cc(-c4ccccc4)cc(N(c4cc(-c5ccccc5)cc(-c5nccc6oc(-c7c(C)cccc7C)cc56)c4)c4ccccc4-c4ccccc4)c3)nccc2o1. The Morgan fingerprint density at radius 3 is 1.18 bits per heavy atom. The maximum absolute atomic E-state index is 6.69. The predicted molar refractivity (Wildman–Crippen MR) is 293 cm³/mol. The van der Waals surface area contributed by atoms with Crippen LogP contribution < -0.4 is 4.90 Å². The summed E-state index contributed by atoms with van der Waals surface area (Å²) in [5.74, 6) is 1.66. The topological polar surface area (TPSA) is 55.3 Å². The van der Waals surface area contributed by atoms with E-state index in [1.165, 1.54) is 0 Å². The molecule has 4 aromatic heterocycles. The minimum Gasteiger partial charge on any atom is -0.456 e. The fourth-order valence-electron chi connectivity index (χ4n) is 10.3. The molecule has 0 radical (unpaired) electrons. The first-order valence-corrected chi connectivity index (χ1v) is 24.1. The lowest BCUT2D eigenvalue weighted by Crippen LogP contribution is -2.12. The van der Waals surface area contributed by atoms with Crippen molar-refractivity contribution in [3.8, 4) is 78.5 Å². The number of aryl methyl sites for hydroxylation is 4. The molecule has 0 bridgehead atoms. The highest BCUT2D eigenvalue weighted by atomic mass is 16.3. The number of nitrogens with zero attached hydrogens (tertiary/aromatic N) is 3. The van der Waals surface area contributed by atoms with E-state index < -0.39 is 0 Å². The van der Waals surface area contributed by atoms with Gasteiger partial charge in [-0.15, -0.1) is 0 Å². The first-order valence-electron chi connectivity index (χ1n) is 24.1. The molecule has 5 heteroatoms. The van der Waals surface area contributed by atoms with Crippen LogP contribution in [-0.2, 0) is 0 Å². The normalized spacial score (nSPS) is 11.4. The summed E-state index contributed by atoms with van der Waals surface area (Å²) in [6.07, 6.45) is 3.72. The number of furan rings is 2. The van der Waals surface area contributed by atoms with Crippen LogP contribution in [0, 0.1) is 27.7 Å². The van der Waals surface area contributed by atoms with Crippen LogP contribution >= 0.6 is 0 Å². The number of anilines is 3. The standard InChI is InChI=1S/C66H49N3O2/c1-42-18-16-19-43(2)63(42)61-40-56-59(70-61)30-32-67-65(56)51-34-49(46-22-8-5-9-23-46)36-53(38-51)69(58-29-15-14-28-55(58)48-26-12-7-13-27-48)54-37-50(47-24-10-6-11-25-47)35-52(39-54)66-57-41-62(71-60(57)31-33-68-66)64-44(3)20-17-21-45(64)4/h5-41H,1-4H3. The van der Waals surface area contributed by atoms with E-state index in [0.29, 0.717) is 0 Å². The number of rotatable bonds is 10. The van der Waals surface area contributed by atoms with Gasteiger partial charge in [0.25, 0.3) is 0 Å². The van der Waals surface area contributed by atoms with E-state index in [-0.39, 0.29) is 0 Å². The van der Waals surface area contributed by atoms with Gasteiger partial charge in [0.1, 0.15) is 22.7 Å². The summed E-state index contributed by atoms with van der Waals surface area (Å²) >= 11 is 0. The minimum atomic E-state index is 0.785. The lowest BCUT2D eigenvalue weighted by atomic mass is 9.95. The number of hydrogen-bond acceptors (Lipinski definition) is 5. The van der Waals surface area contributed by atoms with Crippen molar-refractivity contribution in [3.63, 3.8) is 0 Å². The number of hydrogen-bond donors (Lipinski definition) is 0. The van der Waals surface area contributed by atoms with Gasteiger partial charge in [-0.1, -0.05) is 146 Å². The van der Waals surface area contributed by atoms with Gasteiger partial charge in [0, 0.05) is 62.4 Å². The molecule has 0 N–H and O–H groups in total. The second-order valence-electron chi connectivity index (χ2n) is 18.4. The highest BCUT2D eigenvalue weighted by Gasteiger charge is 2.24. The largest absolute Gasteiger partial charge is 0.456 e. The molecule has 0 unspecified atom stereocenters. The summed E-state index contributed by atoms with van der Waals surface area (Å²) in [6, 6.07) is 75.3. The molecule has 8 aromatic carbocycles. The van der Waals surface area contributed by atoms with E-state index >= 15 is 0 Å². The average Bonchev–Trinajstić information content (AvgIpc) is 4.04. The van der Waals surface area contributed by atoms with E-state index in [0.717, 1.165) is 140 Å². The van der Waals surface area contributed by atoms with Crippen molar-refractivity contribution in [1.29, 1.82) is 0 Å². The number of pyridine rings is 2. The predicted octanol–water partition coefficient (Wildman–Crippen LogP) is 18.3. The molecular weight excluding hydrogens is 867 g/mol. The van der Waals surface area contributed by atoms with E-state index in [4.69, 9.17) is 18.8 Å². The van der Waals surface area contributed by atoms with Crippen LogP contribution in [-0.4, -0.2) is 9.97 Å². The van der Waals surface area contributed by atoms with Crippen LogP contribution in [0.3, 0.4) is 0 Å². The van der Waals surface area contributed by atoms with Gasteiger partial charge < -0.3 is 13.7 Å². The zero-order chi connectivity index (χ0) is 48.0. The van der Waals surface area contributed by atoms with E-state index in [9.17, 15) is 0 Å². The molecule has 340 valence electrons. The molecule has 0 atom stereocenters. The maximum Gasteiger partial charge on any atom is 0.138 e. The number of para-hydroxylation sites is 1. The second kappa shape index (κ2) is 18.1. The highest BCUT2D eigenvalue weighted by molar-refractivity contribution is 6.00. The van der Waals surface area contributed by atoms with Crippen molar-refractivity contribution in [1.82, 2.24) is 9.97 Å². The van der Waals surface area contributed by atoms with Gasteiger partial charge in [0.15, 0.2) is 0 Å². The monoisotopic (exact) mass is 915 g/mol. The molecule has 0 aliphatic carbocycles. The third-order valence-electron chi connectivity index (χ3n) is 13.7. The molecule has 71 heavy (non-hydrogen) atoms. The first kappa shape index (κ1) is 43.2. The lowest BCUT2D eigenvalue weighted by Gasteiger charge is -2.30. The molecule has 0 fully saturated rings. The summed E-state index contributed by atoms with van der Waals surface area (Å²) in [5.41, 5.74) is 21.5. The second-order valence-corrected chi connectivity index (χ2v) is 18.4. The van der Waals surface area contributed by atoms with E-state index in [1.807, 2.05) is 24.5 Å². The lowest BCUT2D eigenvalue weighted by molar-refractivity contribution is 0.630. The summed E-state index contributed by atoms with van der Waals surface area (Å²) in [7, 11) is 0. The smallest absolute Gasteiger partial charge is 0.138 e. The van der Waals surface area contributed by atoms with Gasteiger partial charge in [0.2, 0.25) is 0 Å². The summed E-state index contributed by atoms with van der Waals surface area (Å²) in [5, 5.41) is 1.90. The first-order chi connectivity index (χ1) is 34.8. The van der Waals surface area contributed by atoms with Gasteiger partial charge in [-0.25, -0.2) is 0 Å². The molecule has 12 aromatic rings. The summed E-state index contributed by atoms with van der Waals surface area (Å²) in [6.45, 7) is 8.55. The number of benzene rings is 8. The minimum absolute atomic E-state index is 0.785. The summed E-state index contributed by atoms with van der Waals surface area (Å²) < 4.78 is 13.4. The van der Waals surface area contributed by atoms with Crippen molar-refractivity contribution in [2.45, 2.75) is 27.7 Å². The average molecular weight is 916 g/mol. The molecule has 0 amide bonds. The van der Waals surface area contributed by atoms with E-state index in [1.54, 1.807) is 0 Å². The fraction of sp³-hybridized carbons (Fsp3) is 0.0606. The Labute approximate surface area is 414 Å². The van der Waals surface area contributed by atoms with Gasteiger partial charge in [0.05, 0.1) is 17.1 Å². The fourth-order valence-corrected chi connectivity index (χ4v) is 10.3. The Morgan fingerprint density at radius 2 is 0.732 bits per heavy atom. The highest BCUT2D eigenvalue weighted by Crippen LogP contribution is 2.47. The van der Waals surface area contributed by atoms with Crippen molar-refractivity contribution in [2.24, 2.45) is 0 Å². The van der Waals surface area contributed by atoms with Crippen LogP contribution in [0.25, 0.3) is 100 Å². The molecule has 0 saturated heterocycles. The Hall–Kier alpha value is -9.06. The third-order valence-corrected chi connectivity index (χ3v) is 13.7. The zero-order valence-corrected chi connectivity index (χ0v) is 40.0. The van der Waals surface area contributed by atoms with Gasteiger partial charge in [-0.3, -0.25) is 9.97 Å². The van der Waals surface area contributed by atoms with Crippen LogP contribution in [0.4, 0.5) is 17.1 Å². The molecule has 4 heterocycles. The number of fused-ring (bicyclic) bond motifs is 2. The molecular formula is C66H49N3O2. The number of aromatic nitrogens is 2. The van der Waals surface area contributed by atoms with Gasteiger partial charge in [-0.05, 0) is 144 Å². The Kier molecular flexibility index (Phi) is 11.0. The molecule has 0 saturated carbocycles. The van der Waals surface area contributed by atoms with Crippen molar-refractivity contribution >= 4 is 39.0 Å². The summed E-state index contributed by atoms with van der Waals surface area (Å²) in [4.78, 5) is 12.7. The third kappa shape index (κ3) is 8.07. The Bertz CT molecular complexity index is 3670.